The van der Waals surface area contributed by atoms with Crippen LogP contribution in [0.5, 0.6) is 0 Å². The predicted molar refractivity (Wildman–Crippen MR) is 82.9 cm³/mol. The molecule has 0 heterocycles. The minimum Gasteiger partial charge on any atom is -0.225 e. The molecule has 0 spiro atoms. The van der Waals surface area contributed by atoms with Gasteiger partial charge in [-0.3, -0.25) is 0 Å². The molecule has 10 heteroatoms. The lowest BCUT2D eigenvalue weighted by Crippen LogP contribution is -2.28. The zero-order valence-electron chi connectivity index (χ0n) is 12.4. The predicted octanol–water partition coefficient (Wildman–Crippen LogP) is 1.65. The van der Waals surface area contributed by atoms with Crippen molar-refractivity contribution in [2.24, 2.45) is 5.14 Å². The number of halogens is 2. The van der Waals surface area contributed by atoms with E-state index in [1.165, 1.54) is 31.2 Å². The van der Waals surface area contributed by atoms with Crippen LogP contribution in [0, 0.1) is 11.6 Å². The highest BCUT2D eigenvalue weighted by molar-refractivity contribution is 7.89. The van der Waals surface area contributed by atoms with E-state index in [-0.39, 0.29) is 4.90 Å². The van der Waals surface area contributed by atoms with Crippen molar-refractivity contribution >= 4 is 20.0 Å². The molecular formula is C14H14F2N2O4S2. The Bertz CT molecular complexity index is 939. The van der Waals surface area contributed by atoms with Gasteiger partial charge in [-0.2, -0.15) is 0 Å². The summed E-state index contributed by atoms with van der Waals surface area (Å²) in [4.78, 5) is -1.21. The van der Waals surface area contributed by atoms with Gasteiger partial charge in [-0.25, -0.2) is 35.5 Å². The lowest BCUT2D eigenvalue weighted by molar-refractivity contribution is 0.509. The van der Waals surface area contributed by atoms with E-state index >= 15 is 0 Å². The van der Waals surface area contributed by atoms with E-state index in [9.17, 15) is 25.6 Å². The van der Waals surface area contributed by atoms with Crippen molar-refractivity contribution in [1.29, 1.82) is 0 Å². The van der Waals surface area contributed by atoms with Crippen LogP contribution in [0.4, 0.5) is 8.78 Å². The van der Waals surface area contributed by atoms with E-state index in [0.717, 1.165) is 18.2 Å². The van der Waals surface area contributed by atoms with Gasteiger partial charge in [0.05, 0.1) is 4.90 Å². The van der Waals surface area contributed by atoms with Gasteiger partial charge in [0.1, 0.15) is 11.6 Å². The molecule has 0 saturated heterocycles. The molecular weight excluding hydrogens is 362 g/mol. The summed E-state index contributed by atoms with van der Waals surface area (Å²) in [5.41, 5.74) is 0.391. The summed E-state index contributed by atoms with van der Waals surface area (Å²) in [5, 5.41) is 4.97. The maximum atomic E-state index is 13.6. The van der Waals surface area contributed by atoms with Crippen LogP contribution in [0.15, 0.2) is 52.3 Å². The van der Waals surface area contributed by atoms with Gasteiger partial charge in [-0.15, -0.1) is 0 Å². The molecule has 0 saturated carbocycles. The zero-order chi connectivity index (χ0) is 18.1. The smallest absolute Gasteiger partial charge is 0.225 e. The van der Waals surface area contributed by atoms with Crippen LogP contribution in [0.1, 0.15) is 18.5 Å². The standard InChI is InChI=1S/C14H14F2N2O4S2/c1-9(10-5-7-11(8-6-10)23(17,19)20)18-24(21,22)14-12(15)3-2-4-13(14)16/h2-9,18H,1H3,(H2,17,19,20)/t9-/m1/s1. The van der Waals surface area contributed by atoms with Crippen molar-refractivity contribution in [2.75, 3.05) is 0 Å². The topological polar surface area (TPSA) is 106 Å². The number of sulfonamides is 2. The molecule has 2 rings (SSSR count). The molecule has 0 radical (unpaired) electrons. The van der Waals surface area contributed by atoms with E-state index in [0.29, 0.717) is 5.56 Å². The fourth-order valence-corrected chi connectivity index (χ4v) is 3.93. The summed E-state index contributed by atoms with van der Waals surface area (Å²) in [6, 6.07) is 6.99. The minimum atomic E-state index is -4.45. The van der Waals surface area contributed by atoms with Gasteiger partial charge < -0.3 is 0 Å². The molecule has 3 N–H and O–H groups in total. The maximum absolute atomic E-state index is 13.6. The molecule has 130 valence electrons. The van der Waals surface area contributed by atoms with E-state index in [1.54, 1.807) is 0 Å². The van der Waals surface area contributed by atoms with E-state index < -0.39 is 42.6 Å². The molecule has 0 aliphatic heterocycles. The molecule has 0 bridgehead atoms. The molecule has 0 aliphatic rings. The van der Waals surface area contributed by atoms with E-state index in [2.05, 4.69) is 4.72 Å². The third kappa shape index (κ3) is 3.96. The molecule has 0 aliphatic carbocycles. The quantitative estimate of drug-likeness (QED) is 0.827. The molecule has 0 amide bonds. The summed E-state index contributed by atoms with van der Waals surface area (Å²) in [7, 11) is -8.32. The van der Waals surface area contributed by atoms with Gasteiger partial charge >= 0.3 is 0 Å². The third-order valence-corrected chi connectivity index (χ3v) is 5.75. The molecule has 0 fully saturated rings. The molecule has 6 nitrogen and oxygen atoms in total. The molecule has 0 unspecified atom stereocenters. The second-order valence-corrected chi connectivity index (χ2v) is 8.22. The van der Waals surface area contributed by atoms with Crippen LogP contribution in [0.3, 0.4) is 0 Å². The van der Waals surface area contributed by atoms with E-state index in [1.807, 2.05) is 0 Å². The summed E-state index contributed by atoms with van der Waals surface area (Å²) in [6.45, 7) is 1.45. The van der Waals surface area contributed by atoms with Crippen molar-refractivity contribution in [2.45, 2.75) is 22.8 Å². The number of benzene rings is 2. The molecule has 24 heavy (non-hydrogen) atoms. The van der Waals surface area contributed by atoms with Gasteiger partial charge in [0.2, 0.25) is 20.0 Å². The average Bonchev–Trinajstić information content (AvgIpc) is 2.45. The lowest BCUT2D eigenvalue weighted by Gasteiger charge is -2.15. The van der Waals surface area contributed by atoms with Gasteiger partial charge in [-0.1, -0.05) is 18.2 Å². The first-order valence-electron chi connectivity index (χ1n) is 6.61. The summed E-state index contributed by atoms with van der Waals surface area (Å²) in [6.07, 6.45) is 0. The molecule has 2 aromatic carbocycles. The van der Waals surface area contributed by atoms with Crippen LogP contribution in [0.25, 0.3) is 0 Å². The number of primary sulfonamides is 1. The van der Waals surface area contributed by atoms with Crippen LogP contribution in [-0.2, 0) is 20.0 Å². The van der Waals surface area contributed by atoms with Gasteiger partial charge in [0.15, 0.2) is 4.90 Å². The molecule has 2 aromatic rings. The first kappa shape index (κ1) is 18.5. The third-order valence-electron chi connectivity index (χ3n) is 3.23. The number of rotatable bonds is 5. The van der Waals surface area contributed by atoms with Crippen molar-refractivity contribution in [1.82, 2.24) is 4.72 Å². The number of hydrogen-bond donors (Lipinski definition) is 2. The van der Waals surface area contributed by atoms with Gasteiger partial charge in [0, 0.05) is 6.04 Å². The number of hydrogen-bond acceptors (Lipinski definition) is 4. The SMILES string of the molecule is C[C@@H](NS(=O)(=O)c1c(F)cccc1F)c1ccc(S(N)(=O)=O)cc1. The Morgan fingerprint density at radius 1 is 0.958 bits per heavy atom. The Hall–Kier alpha value is -1.88. The first-order chi connectivity index (χ1) is 11.0. The summed E-state index contributed by atoms with van der Waals surface area (Å²) < 4.78 is 76.2. The Morgan fingerprint density at radius 2 is 1.46 bits per heavy atom. The Balaban J connectivity index is 2.30. The fraction of sp³-hybridized carbons (Fsp3) is 0.143. The van der Waals surface area contributed by atoms with Crippen molar-refractivity contribution < 1.29 is 25.6 Å². The monoisotopic (exact) mass is 376 g/mol. The Labute approximate surface area is 138 Å². The Morgan fingerprint density at radius 3 is 1.92 bits per heavy atom. The van der Waals surface area contributed by atoms with Crippen LogP contribution in [0.2, 0.25) is 0 Å². The highest BCUT2D eigenvalue weighted by Crippen LogP contribution is 2.22. The minimum absolute atomic E-state index is 0.138. The van der Waals surface area contributed by atoms with Crippen molar-refractivity contribution in [3.8, 4) is 0 Å². The average molecular weight is 376 g/mol. The van der Waals surface area contributed by atoms with Gasteiger partial charge in [-0.05, 0) is 36.8 Å². The first-order valence-corrected chi connectivity index (χ1v) is 9.64. The highest BCUT2D eigenvalue weighted by Gasteiger charge is 2.26. The van der Waals surface area contributed by atoms with Crippen LogP contribution < -0.4 is 9.86 Å². The summed E-state index contributed by atoms with van der Waals surface area (Å²) in [5.74, 6) is -2.42. The van der Waals surface area contributed by atoms with E-state index in [4.69, 9.17) is 5.14 Å². The Kier molecular flexibility index (Phi) is 5.04. The van der Waals surface area contributed by atoms with Crippen molar-refractivity contribution in [3.05, 3.63) is 59.7 Å². The largest absolute Gasteiger partial charge is 0.246 e. The zero-order valence-corrected chi connectivity index (χ0v) is 14.0. The van der Waals surface area contributed by atoms with Crippen molar-refractivity contribution in [3.63, 3.8) is 0 Å². The second kappa shape index (κ2) is 6.55. The van der Waals surface area contributed by atoms with Gasteiger partial charge in [0.25, 0.3) is 0 Å². The fourth-order valence-electron chi connectivity index (χ4n) is 2.05. The maximum Gasteiger partial charge on any atom is 0.246 e. The summed E-state index contributed by atoms with van der Waals surface area (Å²) >= 11 is 0. The molecule has 1 atom stereocenters. The normalized spacial score (nSPS) is 13.7. The molecule has 0 aromatic heterocycles. The number of nitrogens with one attached hydrogen (secondary N) is 1. The highest BCUT2D eigenvalue weighted by atomic mass is 32.2. The van der Waals surface area contributed by atoms with Crippen LogP contribution >= 0.6 is 0 Å². The number of nitrogens with two attached hydrogens (primary N) is 1. The van der Waals surface area contributed by atoms with Crippen LogP contribution in [-0.4, -0.2) is 16.8 Å². The lowest BCUT2D eigenvalue weighted by atomic mass is 10.1. The second-order valence-electron chi connectivity index (χ2n) is 5.01.